The zero-order chi connectivity index (χ0) is 8.91. The first kappa shape index (κ1) is 9.99. The summed E-state index contributed by atoms with van der Waals surface area (Å²) in [6.45, 7) is 1.16. The fourth-order valence-corrected chi connectivity index (χ4v) is 0.724. The van der Waals surface area contributed by atoms with Gasteiger partial charge in [-0.1, -0.05) is 0 Å². The molecule has 0 atom stereocenters. The molecule has 0 saturated heterocycles. The van der Waals surface area contributed by atoms with Gasteiger partial charge in [0.1, 0.15) is 6.54 Å². The molecule has 0 bridgehead atoms. The van der Waals surface area contributed by atoms with Crippen molar-refractivity contribution in [2.45, 2.75) is 6.42 Å². The van der Waals surface area contributed by atoms with Crippen LogP contribution in [0.3, 0.4) is 0 Å². The third kappa shape index (κ3) is 5.43. The van der Waals surface area contributed by atoms with E-state index in [2.05, 4.69) is 5.92 Å². The van der Waals surface area contributed by atoms with E-state index in [0.717, 1.165) is 0 Å². The van der Waals surface area contributed by atoms with Gasteiger partial charge in [-0.05, 0) is 5.92 Å². The first-order chi connectivity index (χ1) is 4.98. The lowest BCUT2D eigenvalue weighted by Crippen LogP contribution is -2.41. The molecule has 0 aliphatic heterocycles. The van der Waals surface area contributed by atoms with Gasteiger partial charge in [-0.2, -0.15) is 0 Å². The monoisotopic (exact) mass is 156 g/mol. The third-order valence-electron chi connectivity index (χ3n) is 1.45. The molecule has 0 aromatic rings. The number of aliphatic carboxylic acids is 1. The molecule has 0 fully saturated rings. The highest BCUT2D eigenvalue weighted by Crippen LogP contribution is 1.97. The average Bonchev–Trinajstić information content (AvgIpc) is 1.84. The van der Waals surface area contributed by atoms with Gasteiger partial charge >= 0.3 is 5.97 Å². The largest absolute Gasteiger partial charge is 0.481 e. The number of hydrogen-bond donors (Lipinski definition) is 1. The third-order valence-corrected chi connectivity index (χ3v) is 1.45. The number of carbonyl (C=O) groups is 1. The minimum Gasteiger partial charge on any atom is -0.481 e. The minimum absolute atomic E-state index is 0.175. The van der Waals surface area contributed by atoms with Gasteiger partial charge in [-0.25, -0.2) is 0 Å². The zero-order valence-corrected chi connectivity index (χ0v) is 7.00. The second kappa shape index (κ2) is 3.99. The molecule has 1 N–H and O–H groups in total. The standard InChI is InChI=1S/C8H13NO2/c1-4-6-9(2,3)7-5-8(10)11/h1H,5-7H2,2-3H3/p+1. The number of nitrogens with zero attached hydrogens (tertiary/aromatic N) is 1. The lowest BCUT2D eigenvalue weighted by Gasteiger charge is -2.26. The van der Waals surface area contributed by atoms with Crippen LogP contribution in [-0.2, 0) is 4.79 Å². The van der Waals surface area contributed by atoms with Gasteiger partial charge in [0.05, 0.1) is 27.1 Å². The Kier molecular flexibility index (Phi) is 3.63. The van der Waals surface area contributed by atoms with E-state index >= 15 is 0 Å². The van der Waals surface area contributed by atoms with E-state index in [1.807, 2.05) is 14.1 Å². The molecule has 62 valence electrons. The molecule has 0 aromatic carbocycles. The predicted molar refractivity (Wildman–Crippen MR) is 42.9 cm³/mol. The van der Waals surface area contributed by atoms with E-state index < -0.39 is 5.97 Å². The van der Waals surface area contributed by atoms with Crippen molar-refractivity contribution in [1.82, 2.24) is 0 Å². The molecule has 0 amide bonds. The van der Waals surface area contributed by atoms with Gasteiger partial charge < -0.3 is 9.59 Å². The van der Waals surface area contributed by atoms with Crippen molar-refractivity contribution in [3.8, 4) is 12.3 Å². The molecule has 0 radical (unpaired) electrons. The van der Waals surface area contributed by atoms with Crippen LogP contribution in [0.1, 0.15) is 6.42 Å². The second-order valence-corrected chi connectivity index (χ2v) is 3.17. The Labute approximate surface area is 67.2 Å². The van der Waals surface area contributed by atoms with Crippen molar-refractivity contribution in [2.75, 3.05) is 27.2 Å². The molecule has 0 rings (SSSR count). The number of terminal acetylenes is 1. The second-order valence-electron chi connectivity index (χ2n) is 3.17. The van der Waals surface area contributed by atoms with Crippen LogP contribution >= 0.6 is 0 Å². The van der Waals surface area contributed by atoms with E-state index in [1.165, 1.54) is 0 Å². The van der Waals surface area contributed by atoms with Gasteiger partial charge in [-0.3, -0.25) is 4.79 Å². The molecule has 0 aromatic heterocycles. The van der Waals surface area contributed by atoms with E-state index in [9.17, 15) is 4.79 Å². The van der Waals surface area contributed by atoms with Crippen LogP contribution in [0.25, 0.3) is 0 Å². The number of rotatable bonds is 4. The summed E-state index contributed by atoms with van der Waals surface area (Å²) >= 11 is 0. The molecule has 0 unspecified atom stereocenters. The molecule has 3 nitrogen and oxygen atoms in total. The predicted octanol–water partition coefficient (Wildman–Crippen LogP) is 0.171. The lowest BCUT2D eigenvalue weighted by molar-refractivity contribution is -0.882. The Morgan fingerprint density at radius 3 is 2.55 bits per heavy atom. The molecule has 3 heteroatoms. The average molecular weight is 156 g/mol. The van der Waals surface area contributed by atoms with Crippen molar-refractivity contribution in [3.05, 3.63) is 0 Å². The summed E-state index contributed by atoms with van der Waals surface area (Å²) in [4.78, 5) is 10.2. The molecule has 0 aliphatic rings. The summed E-state index contributed by atoms with van der Waals surface area (Å²) in [5.74, 6) is 1.74. The van der Waals surface area contributed by atoms with Crippen LogP contribution in [-0.4, -0.2) is 42.7 Å². The van der Waals surface area contributed by atoms with E-state index in [-0.39, 0.29) is 6.42 Å². The van der Waals surface area contributed by atoms with Crippen molar-refractivity contribution in [3.63, 3.8) is 0 Å². The van der Waals surface area contributed by atoms with Crippen molar-refractivity contribution in [1.29, 1.82) is 0 Å². The van der Waals surface area contributed by atoms with E-state index in [1.54, 1.807) is 0 Å². The van der Waals surface area contributed by atoms with Crippen molar-refractivity contribution in [2.24, 2.45) is 0 Å². The molecular weight excluding hydrogens is 142 g/mol. The Morgan fingerprint density at radius 1 is 1.64 bits per heavy atom. The number of carboxylic acid groups (broad SMARTS) is 1. The normalized spacial score (nSPS) is 10.6. The van der Waals surface area contributed by atoms with Gasteiger partial charge in [0.15, 0.2) is 0 Å². The van der Waals surface area contributed by atoms with Gasteiger partial charge in [0.25, 0.3) is 0 Å². The summed E-state index contributed by atoms with van der Waals surface area (Å²) in [5.41, 5.74) is 0. The van der Waals surface area contributed by atoms with Crippen LogP contribution in [0.2, 0.25) is 0 Å². The summed E-state index contributed by atoms with van der Waals surface area (Å²) < 4.78 is 0.572. The van der Waals surface area contributed by atoms with Gasteiger partial charge in [0.2, 0.25) is 0 Å². The minimum atomic E-state index is -0.770. The summed E-state index contributed by atoms with van der Waals surface area (Å²) in [7, 11) is 3.84. The summed E-state index contributed by atoms with van der Waals surface area (Å²) in [6.07, 6.45) is 5.28. The quantitative estimate of drug-likeness (QED) is 0.465. The summed E-state index contributed by atoms with van der Waals surface area (Å²) in [6, 6.07) is 0. The topological polar surface area (TPSA) is 37.3 Å². The molecule has 0 aliphatic carbocycles. The maximum atomic E-state index is 10.2. The van der Waals surface area contributed by atoms with Gasteiger partial charge in [-0.15, -0.1) is 6.42 Å². The Morgan fingerprint density at radius 2 is 2.18 bits per heavy atom. The highest BCUT2D eigenvalue weighted by atomic mass is 16.4. The molecule has 0 saturated carbocycles. The Balaban J connectivity index is 3.74. The first-order valence-corrected chi connectivity index (χ1v) is 3.45. The Hall–Kier alpha value is -1.01. The SMILES string of the molecule is C#CC[N+](C)(C)CCC(=O)O. The molecule has 0 spiro atoms. The first-order valence-electron chi connectivity index (χ1n) is 3.45. The lowest BCUT2D eigenvalue weighted by atomic mass is 10.3. The fourth-order valence-electron chi connectivity index (χ4n) is 0.724. The zero-order valence-electron chi connectivity index (χ0n) is 7.00. The molecule has 11 heavy (non-hydrogen) atoms. The van der Waals surface area contributed by atoms with Crippen molar-refractivity contribution >= 4 is 5.97 Å². The number of quaternary nitrogens is 1. The van der Waals surface area contributed by atoms with Crippen LogP contribution < -0.4 is 0 Å². The van der Waals surface area contributed by atoms with E-state index in [4.69, 9.17) is 11.5 Å². The highest BCUT2D eigenvalue weighted by Gasteiger charge is 2.14. The number of hydrogen-bond acceptors (Lipinski definition) is 1. The molecule has 0 heterocycles. The molecular formula is C8H14NO2+. The van der Waals surface area contributed by atoms with Crippen LogP contribution in [0, 0.1) is 12.3 Å². The van der Waals surface area contributed by atoms with Crippen molar-refractivity contribution < 1.29 is 14.4 Å². The van der Waals surface area contributed by atoms with E-state index in [0.29, 0.717) is 17.6 Å². The van der Waals surface area contributed by atoms with Crippen LogP contribution in [0.15, 0.2) is 0 Å². The van der Waals surface area contributed by atoms with Crippen LogP contribution in [0.5, 0.6) is 0 Å². The van der Waals surface area contributed by atoms with Crippen LogP contribution in [0.4, 0.5) is 0 Å². The smallest absolute Gasteiger partial charge is 0.309 e. The fraction of sp³-hybridized carbons (Fsp3) is 0.625. The van der Waals surface area contributed by atoms with Gasteiger partial charge in [0, 0.05) is 0 Å². The maximum absolute atomic E-state index is 10.2. The maximum Gasteiger partial charge on any atom is 0.309 e. The highest BCUT2D eigenvalue weighted by molar-refractivity contribution is 5.66. The summed E-state index contributed by atoms with van der Waals surface area (Å²) in [5, 5.41) is 8.38. The number of carboxylic acids is 1. The Bertz CT molecular complexity index is 179.